The number of β-amino-alcohol motifs (C(OH)–C–C–N with tert-alkyl or cyclic N) is 1. The first kappa shape index (κ1) is 11.5. The van der Waals surface area contributed by atoms with Gasteiger partial charge >= 0.3 is 0 Å². The van der Waals surface area contributed by atoms with E-state index in [4.69, 9.17) is 5.11 Å². The number of thiophene rings is 1. The third-order valence-corrected chi connectivity index (χ3v) is 4.40. The zero-order chi connectivity index (χ0) is 10.8. The van der Waals surface area contributed by atoms with Gasteiger partial charge in [0.25, 0.3) is 0 Å². The Hall–Kier alpha value is 0.0600. The van der Waals surface area contributed by atoms with Gasteiger partial charge < -0.3 is 10.2 Å². The summed E-state index contributed by atoms with van der Waals surface area (Å²) in [7, 11) is 0. The summed E-state index contributed by atoms with van der Waals surface area (Å²) in [6.45, 7) is 2.39. The molecule has 0 radical (unpaired) electrons. The van der Waals surface area contributed by atoms with Gasteiger partial charge in [-0.3, -0.25) is 4.90 Å². The molecule has 2 unspecified atom stereocenters. The van der Waals surface area contributed by atoms with Crippen molar-refractivity contribution in [2.45, 2.75) is 12.6 Å². The molecule has 2 atom stereocenters. The van der Waals surface area contributed by atoms with E-state index in [0.717, 1.165) is 17.6 Å². The molecule has 3 nitrogen and oxygen atoms in total. The van der Waals surface area contributed by atoms with Gasteiger partial charge in [0.15, 0.2) is 0 Å². The highest BCUT2D eigenvalue weighted by molar-refractivity contribution is 9.10. The van der Waals surface area contributed by atoms with Crippen molar-refractivity contribution in [3.63, 3.8) is 0 Å². The van der Waals surface area contributed by atoms with Crippen molar-refractivity contribution >= 4 is 27.3 Å². The first-order valence-electron chi connectivity index (χ1n) is 4.93. The molecule has 5 heteroatoms. The summed E-state index contributed by atoms with van der Waals surface area (Å²) in [6.07, 6.45) is -0.376. The number of aliphatic hydroxyl groups excluding tert-OH is 2. The molecule has 0 aromatic carbocycles. The van der Waals surface area contributed by atoms with Crippen molar-refractivity contribution in [2.24, 2.45) is 5.92 Å². The molecule has 0 bridgehead atoms. The van der Waals surface area contributed by atoms with Crippen LogP contribution in [0.15, 0.2) is 15.9 Å². The molecule has 0 spiro atoms. The molecule has 1 aliphatic rings. The molecule has 1 aliphatic heterocycles. The fourth-order valence-electron chi connectivity index (χ4n) is 1.91. The Morgan fingerprint density at radius 1 is 1.53 bits per heavy atom. The van der Waals surface area contributed by atoms with Gasteiger partial charge in [0.05, 0.1) is 6.10 Å². The van der Waals surface area contributed by atoms with Crippen LogP contribution in [-0.4, -0.2) is 40.9 Å². The first-order valence-corrected chi connectivity index (χ1v) is 6.60. The molecule has 1 aromatic rings. The lowest BCUT2D eigenvalue weighted by atomic mass is 10.1. The fraction of sp³-hybridized carbons (Fsp3) is 0.600. The number of halogens is 1. The average Bonchev–Trinajstić information content (AvgIpc) is 2.73. The highest BCUT2D eigenvalue weighted by Crippen LogP contribution is 2.24. The molecule has 0 saturated carbocycles. The van der Waals surface area contributed by atoms with Crippen LogP contribution in [-0.2, 0) is 6.54 Å². The van der Waals surface area contributed by atoms with Gasteiger partial charge in [-0.25, -0.2) is 0 Å². The van der Waals surface area contributed by atoms with E-state index >= 15 is 0 Å². The van der Waals surface area contributed by atoms with Gasteiger partial charge in [-0.1, -0.05) is 0 Å². The van der Waals surface area contributed by atoms with Crippen molar-refractivity contribution in [1.29, 1.82) is 0 Å². The van der Waals surface area contributed by atoms with Crippen molar-refractivity contribution in [2.75, 3.05) is 19.7 Å². The third kappa shape index (κ3) is 2.79. The molecule has 2 heterocycles. The topological polar surface area (TPSA) is 43.7 Å². The van der Waals surface area contributed by atoms with Crippen molar-refractivity contribution in [1.82, 2.24) is 4.90 Å². The van der Waals surface area contributed by atoms with Crippen LogP contribution in [0.1, 0.15) is 4.88 Å². The quantitative estimate of drug-likeness (QED) is 0.882. The maximum Gasteiger partial charge on any atom is 0.0729 e. The zero-order valence-corrected chi connectivity index (χ0v) is 10.7. The predicted octanol–water partition coefficient (Wildman–Crippen LogP) is 1.30. The molecule has 1 aromatic heterocycles. The second-order valence-electron chi connectivity index (χ2n) is 3.94. The lowest BCUT2D eigenvalue weighted by molar-refractivity contribution is 0.103. The summed E-state index contributed by atoms with van der Waals surface area (Å²) in [5.74, 6) is 0.0217. The largest absolute Gasteiger partial charge is 0.396 e. The molecule has 0 aliphatic carbocycles. The zero-order valence-electron chi connectivity index (χ0n) is 8.27. The van der Waals surface area contributed by atoms with Gasteiger partial charge in [-0.15, -0.1) is 11.3 Å². The normalized spacial score (nSPS) is 27.4. The van der Waals surface area contributed by atoms with Gasteiger partial charge in [0, 0.05) is 46.9 Å². The molecule has 84 valence electrons. The van der Waals surface area contributed by atoms with Crippen LogP contribution in [0.3, 0.4) is 0 Å². The van der Waals surface area contributed by atoms with Crippen LogP contribution in [0, 0.1) is 5.92 Å². The Morgan fingerprint density at radius 2 is 2.33 bits per heavy atom. The number of hydrogen-bond acceptors (Lipinski definition) is 4. The van der Waals surface area contributed by atoms with E-state index in [-0.39, 0.29) is 18.6 Å². The fourth-order valence-corrected chi connectivity index (χ4v) is 3.40. The van der Waals surface area contributed by atoms with E-state index in [0.29, 0.717) is 6.54 Å². The lowest BCUT2D eigenvalue weighted by Crippen LogP contribution is -2.21. The summed E-state index contributed by atoms with van der Waals surface area (Å²) in [5.41, 5.74) is 0. The Labute approximate surface area is 101 Å². The van der Waals surface area contributed by atoms with Crippen molar-refractivity contribution in [3.05, 3.63) is 20.8 Å². The van der Waals surface area contributed by atoms with E-state index < -0.39 is 0 Å². The molecule has 2 rings (SSSR count). The second-order valence-corrected chi connectivity index (χ2v) is 5.85. The van der Waals surface area contributed by atoms with Crippen LogP contribution in [0.2, 0.25) is 0 Å². The Morgan fingerprint density at radius 3 is 2.87 bits per heavy atom. The summed E-state index contributed by atoms with van der Waals surface area (Å²) in [5, 5.41) is 20.7. The van der Waals surface area contributed by atoms with Crippen LogP contribution >= 0.6 is 27.3 Å². The Bertz CT molecular complexity index is 331. The van der Waals surface area contributed by atoms with E-state index in [1.165, 1.54) is 4.88 Å². The maximum atomic E-state index is 9.64. The van der Waals surface area contributed by atoms with Crippen molar-refractivity contribution < 1.29 is 10.2 Å². The van der Waals surface area contributed by atoms with E-state index in [9.17, 15) is 5.11 Å². The second kappa shape index (κ2) is 4.93. The number of nitrogens with zero attached hydrogens (tertiary/aromatic N) is 1. The van der Waals surface area contributed by atoms with Crippen LogP contribution in [0.4, 0.5) is 0 Å². The minimum absolute atomic E-state index is 0.0217. The number of likely N-dealkylation sites (tertiary alicyclic amines) is 1. The smallest absolute Gasteiger partial charge is 0.0729 e. The Balaban J connectivity index is 1.92. The summed E-state index contributed by atoms with van der Waals surface area (Å²) in [4.78, 5) is 3.47. The standard InChI is InChI=1S/C10H14BrNO2S/c11-8-1-9(15-6-8)3-12-2-7(5-13)10(14)4-12/h1,6-7,10,13-14H,2-5H2. The Kier molecular flexibility index (Phi) is 3.79. The minimum Gasteiger partial charge on any atom is -0.396 e. The number of rotatable bonds is 3. The van der Waals surface area contributed by atoms with Crippen LogP contribution < -0.4 is 0 Å². The average molecular weight is 292 g/mol. The number of hydrogen-bond donors (Lipinski definition) is 2. The van der Waals surface area contributed by atoms with Crippen LogP contribution in [0.5, 0.6) is 0 Å². The van der Waals surface area contributed by atoms with Gasteiger partial charge in [0.1, 0.15) is 0 Å². The van der Waals surface area contributed by atoms with E-state index in [1.807, 2.05) is 0 Å². The number of aliphatic hydroxyl groups is 2. The summed E-state index contributed by atoms with van der Waals surface area (Å²) in [6, 6.07) is 2.10. The van der Waals surface area contributed by atoms with Crippen molar-refractivity contribution in [3.8, 4) is 0 Å². The molecular formula is C10H14BrNO2S. The first-order chi connectivity index (χ1) is 7.19. The highest BCUT2D eigenvalue weighted by atomic mass is 79.9. The summed E-state index contributed by atoms with van der Waals surface area (Å²) >= 11 is 5.14. The molecule has 1 fully saturated rings. The van der Waals surface area contributed by atoms with Gasteiger partial charge in [-0.2, -0.15) is 0 Å². The molecule has 2 N–H and O–H groups in total. The summed E-state index contributed by atoms with van der Waals surface area (Å²) < 4.78 is 1.11. The minimum atomic E-state index is -0.376. The highest BCUT2D eigenvalue weighted by Gasteiger charge is 2.30. The lowest BCUT2D eigenvalue weighted by Gasteiger charge is -2.13. The molecule has 15 heavy (non-hydrogen) atoms. The third-order valence-electron chi connectivity index (χ3n) is 2.72. The predicted molar refractivity (Wildman–Crippen MR) is 63.9 cm³/mol. The van der Waals surface area contributed by atoms with Crippen LogP contribution in [0.25, 0.3) is 0 Å². The van der Waals surface area contributed by atoms with E-state index in [1.54, 1.807) is 11.3 Å². The molecule has 1 saturated heterocycles. The monoisotopic (exact) mass is 291 g/mol. The maximum absolute atomic E-state index is 9.64. The SMILES string of the molecule is OCC1CN(Cc2cc(Br)cs2)CC1O. The van der Waals surface area contributed by atoms with Gasteiger partial charge in [-0.05, 0) is 22.0 Å². The molecule has 0 amide bonds. The van der Waals surface area contributed by atoms with Gasteiger partial charge in [0.2, 0.25) is 0 Å². The molecular weight excluding hydrogens is 278 g/mol. The van der Waals surface area contributed by atoms with E-state index in [2.05, 4.69) is 32.3 Å².